The summed E-state index contributed by atoms with van der Waals surface area (Å²) < 4.78 is 5.56. The first-order chi connectivity index (χ1) is 7.76. The Labute approximate surface area is 95.8 Å². The fourth-order valence-electron chi connectivity index (χ4n) is 1.39. The molecule has 2 aromatic rings. The fourth-order valence-corrected chi connectivity index (χ4v) is 2.42. The minimum atomic E-state index is -0.644. The highest BCUT2D eigenvalue weighted by Gasteiger charge is 2.17. The molecule has 0 saturated heterocycles. The number of methoxy groups -OCH3 is 1. The molecule has 1 aromatic heterocycles. The number of thiophene rings is 1. The molecular weight excluding hydrogens is 226 g/mol. The largest absolute Gasteiger partial charge is 0.464 e. The van der Waals surface area contributed by atoms with Crippen LogP contribution in [-0.4, -0.2) is 24.0 Å². The molecule has 1 aromatic carbocycles. The smallest absolute Gasteiger partial charge is 0.361 e. The molecule has 5 heteroatoms. The van der Waals surface area contributed by atoms with Crippen LogP contribution in [0.15, 0.2) is 35.5 Å². The molecule has 0 saturated carbocycles. The van der Waals surface area contributed by atoms with Crippen molar-refractivity contribution >= 4 is 33.1 Å². The summed E-state index contributed by atoms with van der Waals surface area (Å²) >= 11 is 1.38. The lowest BCUT2D eigenvalue weighted by molar-refractivity contribution is -0.132. The van der Waals surface area contributed by atoms with E-state index in [1.807, 2.05) is 24.3 Å². The summed E-state index contributed by atoms with van der Waals surface area (Å²) in [5, 5.41) is 12.8. The maximum atomic E-state index is 11.3. The van der Waals surface area contributed by atoms with Crippen molar-refractivity contribution in [3.05, 3.63) is 35.2 Å². The number of esters is 1. The highest BCUT2D eigenvalue weighted by atomic mass is 32.1. The molecule has 0 aliphatic heterocycles. The Balaban J connectivity index is 2.50. The fraction of sp³-hybridized carbons (Fsp3) is 0.0909. The van der Waals surface area contributed by atoms with Gasteiger partial charge in [-0.1, -0.05) is 23.4 Å². The number of nitrogens with zero attached hydrogens (tertiary/aromatic N) is 1. The summed E-state index contributed by atoms with van der Waals surface area (Å²) in [6.45, 7) is 0. The van der Waals surface area contributed by atoms with E-state index in [0.717, 1.165) is 10.1 Å². The molecule has 0 aliphatic rings. The molecule has 0 bridgehead atoms. The van der Waals surface area contributed by atoms with Crippen LogP contribution >= 0.6 is 11.3 Å². The van der Waals surface area contributed by atoms with E-state index < -0.39 is 5.97 Å². The normalized spacial score (nSPS) is 11.7. The van der Waals surface area contributed by atoms with Gasteiger partial charge in [0, 0.05) is 4.70 Å². The van der Waals surface area contributed by atoms with Gasteiger partial charge < -0.3 is 9.94 Å². The van der Waals surface area contributed by atoms with E-state index in [4.69, 9.17) is 5.21 Å². The van der Waals surface area contributed by atoms with Gasteiger partial charge in [-0.05, 0) is 17.5 Å². The molecule has 0 radical (unpaired) electrons. The van der Waals surface area contributed by atoms with E-state index >= 15 is 0 Å². The van der Waals surface area contributed by atoms with Crippen LogP contribution in [0.4, 0.5) is 0 Å². The minimum Gasteiger partial charge on any atom is -0.464 e. The van der Waals surface area contributed by atoms with Crippen LogP contribution in [0.3, 0.4) is 0 Å². The molecule has 16 heavy (non-hydrogen) atoms. The van der Waals surface area contributed by atoms with E-state index in [2.05, 4.69) is 9.89 Å². The first-order valence-corrected chi connectivity index (χ1v) is 5.37. The highest BCUT2D eigenvalue weighted by Crippen LogP contribution is 2.25. The van der Waals surface area contributed by atoms with Gasteiger partial charge in [-0.25, -0.2) is 4.79 Å². The van der Waals surface area contributed by atoms with Gasteiger partial charge in [-0.2, -0.15) is 0 Å². The quantitative estimate of drug-likeness (QED) is 0.376. The molecular formula is C11H9NO3S. The molecule has 0 atom stereocenters. The molecule has 4 nitrogen and oxygen atoms in total. The number of oxime groups is 1. The number of hydrogen-bond donors (Lipinski definition) is 1. The first kappa shape index (κ1) is 10.6. The number of ether oxygens (including phenoxy) is 1. The second kappa shape index (κ2) is 4.32. The average molecular weight is 235 g/mol. The van der Waals surface area contributed by atoms with Gasteiger partial charge in [0.1, 0.15) is 0 Å². The highest BCUT2D eigenvalue weighted by molar-refractivity contribution is 7.21. The van der Waals surface area contributed by atoms with E-state index in [-0.39, 0.29) is 5.71 Å². The van der Waals surface area contributed by atoms with Crippen LogP contribution in [0.25, 0.3) is 10.1 Å². The molecule has 2 rings (SSSR count). The third-order valence-electron chi connectivity index (χ3n) is 2.14. The lowest BCUT2D eigenvalue weighted by Gasteiger charge is -1.97. The van der Waals surface area contributed by atoms with Crippen molar-refractivity contribution in [2.24, 2.45) is 5.16 Å². The lowest BCUT2D eigenvalue weighted by Crippen LogP contribution is -2.15. The number of carbonyl (C=O) groups excluding carboxylic acids is 1. The molecule has 0 aliphatic carbocycles. The summed E-state index contributed by atoms with van der Waals surface area (Å²) in [4.78, 5) is 11.9. The standard InChI is InChI=1S/C11H9NO3S/c1-15-11(13)10(12-14)9-6-7-4-2-3-5-8(7)16-9/h2-6,14H,1H3/b12-10+. The zero-order valence-corrected chi connectivity index (χ0v) is 9.32. The third kappa shape index (κ3) is 1.77. The maximum absolute atomic E-state index is 11.3. The number of hydrogen-bond acceptors (Lipinski definition) is 5. The first-order valence-electron chi connectivity index (χ1n) is 4.55. The Bertz CT molecular complexity index is 526. The van der Waals surface area contributed by atoms with E-state index in [0.29, 0.717) is 4.88 Å². The Kier molecular flexibility index (Phi) is 2.87. The Morgan fingerprint density at radius 1 is 1.44 bits per heavy atom. The van der Waals surface area contributed by atoms with Gasteiger partial charge in [0.25, 0.3) is 0 Å². The van der Waals surface area contributed by atoms with Gasteiger partial charge in [0.15, 0.2) is 0 Å². The van der Waals surface area contributed by atoms with Crippen LogP contribution in [-0.2, 0) is 9.53 Å². The van der Waals surface area contributed by atoms with Gasteiger partial charge in [-0.3, -0.25) is 0 Å². The molecule has 0 spiro atoms. The number of carbonyl (C=O) groups is 1. The summed E-state index contributed by atoms with van der Waals surface area (Å²) in [6.07, 6.45) is 0. The predicted molar refractivity (Wildman–Crippen MR) is 62.2 cm³/mol. The Morgan fingerprint density at radius 3 is 2.81 bits per heavy atom. The summed E-state index contributed by atoms with van der Waals surface area (Å²) in [7, 11) is 1.25. The van der Waals surface area contributed by atoms with Crippen molar-refractivity contribution in [3.63, 3.8) is 0 Å². The van der Waals surface area contributed by atoms with Crippen LogP contribution in [0.2, 0.25) is 0 Å². The van der Waals surface area contributed by atoms with Gasteiger partial charge in [0.05, 0.1) is 12.0 Å². The summed E-state index contributed by atoms with van der Waals surface area (Å²) in [5.74, 6) is -0.644. The second-order valence-electron chi connectivity index (χ2n) is 3.09. The number of benzene rings is 1. The third-order valence-corrected chi connectivity index (χ3v) is 3.26. The molecule has 82 valence electrons. The van der Waals surface area contributed by atoms with Crippen LogP contribution in [0.1, 0.15) is 4.88 Å². The van der Waals surface area contributed by atoms with Gasteiger partial charge in [0.2, 0.25) is 5.71 Å². The average Bonchev–Trinajstić information content (AvgIpc) is 2.72. The molecule has 0 unspecified atom stereocenters. The topological polar surface area (TPSA) is 58.9 Å². The second-order valence-corrected chi connectivity index (χ2v) is 4.17. The Morgan fingerprint density at radius 2 is 2.19 bits per heavy atom. The van der Waals surface area contributed by atoms with Gasteiger partial charge in [-0.15, -0.1) is 11.3 Å². The van der Waals surface area contributed by atoms with E-state index in [9.17, 15) is 4.79 Å². The molecule has 0 fully saturated rings. The zero-order valence-electron chi connectivity index (χ0n) is 8.51. The van der Waals surface area contributed by atoms with Crippen molar-refractivity contribution in [3.8, 4) is 0 Å². The summed E-state index contributed by atoms with van der Waals surface area (Å²) in [6, 6.07) is 9.49. The zero-order chi connectivity index (χ0) is 11.5. The number of fused-ring (bicyclic) bond motifs is 1. The van der Waals surface area contributed by atoms with Crippen molar-refractivity contribution in [2.45, 2.75) is 0 Å². The van der Waals surface area contributed by atoms with Crippen LogP contribution in [0, 0.1) is 0 Å². The molecule has 1 heterocycles. The van der Waals surface area contributed by atoms with Gasteiger partial charge >= 0.3 is 5.97 Å². The Hall–Kier alpha value is -1.88. The minimum absolute atomic E-state index is 0.0660. The van der Waals surface area contributed by atoms with E-state index in [1.54, 1.807) is 6.07 Å². The number of rotatable bonds is 2. The molecule has 0 amide bonds. The molecule has 1 N–H and O–H groups in total. The van der Waals surface area contributed by atoms with Crippen LogP contribution in [0.5, 0.6) is 0 Å². The summed E-state index contributed by atoms with van der Waals surface area (Å²) in [5.41, 5.74) is -0.0660. The van der Waals surface area contributed by atoms with E-state index in [1.165, 1.54) is 18.4 Å². The lowest BCUT2D eigenvalue weighted by atomic mass is 10.2. The van der Waals surface area contributed by atoms with Crippen molar-refractivity contribution < 1.29 is 14.7 Å². The monoisotopic (exact) mass is 235 g/mol. The van der Waals surface area contributed by atoms with Crippen molar-refractivity contribution in [1.29, 1.82) is 0 Å². The maximum Gasteiger partial charge on any atom is 0.361 e. The van der Waals surface area contributed by atoms with Crippen molar-refractivity contribution in [1.82, 2.24) is 0 Å². The SMILES string of the molecule is COC(=O)/C(=N/O)c1cc2ccccc2s1. The predicted octanol–water partition coefficient (Wildman–Crippen LogP) is 2.25. The van der Waals surface area contributed by atoms with Crippen molar-refractivity contribution in [2.75, 3.05) is 7.11 Å². The van der Waals surface area contributed by atoms with Crippen LogP contribution < -0.4 is 0 Å².